The van der Waals surface area contributed by atoms with E-state index in [0.717, 1.165) is 5.56 Å². The van der Waals surface area contributed by atoms with Crippen LogP contribution in [0.3, 0.4) is 0 Å². The number of nitrogens with one attached hydrogen (secondary N) is 1. The smallest absolute Gasteiger partial charge is 0.312 e. The topological polar surface area (TPSA) is 49.3 Å². The number of carbonyl (C=O) groups is 1. The zero-order chi connectivity index (χ0) is 15.1. The van der Waals surface area contributed by atoms with Crippen LogP contribution in [-0.2, 0) is 4.79 Å². The third-order valence-corrected chi connectivity index (χ3v) is 4.75. The molecule has 2 N–H and O–H groups in total. The second-order valence-corrected chi connectivity index (χ2v) is 6.25. The fraction of sp³-hybridized carbons (Fsp3) is 0.611. The van der Waals surface area contributed by atoms with Gasteiger partial charge in [-0.15, -0.1) is 0 Å². The predicted molar refractivity (Wildman–Crippen MR) is 85.5 cm³/mol. The Kier molecular flexibility index (Phi) is 6.24. The molecule has 2 atom stereocenters. The van der Waals surface area contributed by atoms with Crippen LogP contribution >= 0.6 is 0 Å². The molecule has 0 heterocycles. The van der Waals surface area contributed by atoms with Crippen LogP contribution in [0.2, 0.25) is 0 Å². The van der Waals surface area contributed by atoms with Crippen molar-refractivity contribution < 1.29 is 9.90 Å². The first-order chi connectivity index (χ1) is 10.2. The van der Waals surface area contributed by atoms with Gasteiger partial charge >= 0.3 is 5.97 Å². The molecule has 1 fully saturated rings. The summed E-state index contributed by atoms with van der Waals surface area (Å²) in [7, 11) is 0. The lowest BCUT2D eigenvalue weighted by Crippen LogP contribution is -2.37. The van der Waals surface area contributed by atoms with Crippen molar-refractivity contribution in [2.24, 2.45) is 5.92 Å². The standard InChI is InChI=1S/C18H27NO2/c1-14(15-9-5-2-3-6-10-15)19-13-17(18(20)21)16-11-7-4-8-12-16/h4,7-8,11-12,14-15,17,19H,2-3,5-6,9-10,13H2,1H3,(H,20,21)/t14-,17?/m0/s1. The van der Waals surface area contributed by atoms with Gasteiger partial charge in [-0.25, -0.2) is 0 Å². The van der Waals surface area contributed by atoms with E-state index in [9.17, 15) is 9.90 Å². The molecule has 1 aromatic rings. The zero-order valence-corrected chi connectivity index (χ0v) is 12.9. The molecule has 0 radical (unpaired) electrons. The second-order valence-electron chi connectivity index (χ2n) is 6.25. The molecule has 1 aliphatic carbocycles. The van der Waals surface area contributed by atoms with Crippen LogP contribution in [0.1, 0.15) is 56.9 Å². The Morgan fingerprint density at radius 3 is 2.38 bits per heavy atom. The Morgan fingerprint density at radius 1 is 1.19 bits per heavy atom. The molecule has 1 aliphatic rings. The summed E-state index contributed by atoms with van der Waals surface area (Å²) < 4.78 is 0. The Bertz CT molecular complexity index is 424. The van der Waals surface area contributed by atoms with Gasteiger partial charge in [-0.2, -0.15) is 0 Å². The number of aliphatic carboxylic acids is 1. The van der Waals surface area contributed by atoms with Gasteiger partial charge in [0.05, 0.1) is 5.92 Å². The summed E-state index contributed by atoms with van der Waals surface area (Å²) in [4.78, 5) is 11.5. The van der Waals surface area contributed by atoms with Gasteiger partial charge in [0.1, 0.15) is 0 Å². The minimum Gasteiger partial charge on any atom is -0.481 e. The van der Waals surface area contributed by atoms with E-state index < -0.39 is 11.9 Å². The minimum atomic E-state index is -0.748. The van der Waals surface area contributed by atoms with E-state index in [-0.39, 0.29) is 0 Å². The van der Waals surface area contributed by atoms with Crippen LogP contribution < -0.4 is 5.32 Å². The SMILES string of the molecule is C[C@H](NCC(C(=O)O)c1ccccc1)C1CCCCCC1. The van der Waals surface area contributed by atoms with Crippen molar-refractivity contribution in [3.8, 4) is 0 Å². The molecule has 0 aliphatic heterocycles. The van der Waals surface area contributed by atoms with E-state index in [1.165, 1.54) is 38.5 Å². The van der Waals surface area contributed by atoms with Gasteiger partial charge in [0.25, 0.3) is 0 Å². The molecule has 0 amide bonds. The number of hydrogen-bond donors (Lipinski definition) is 2. The Labute approximate surface area is 127 Å². The van der Waals surface area contributed by atoms with Crippen molar-refractivity contribution in [3.05, 3.63) is 35.9 Å². The molecule has 3 nitrogen and oxygen atoms in total. The predicted octanol–water partition coefficient (Wildman–Crippen LogP) is 3.80. The van der Waals surface area contributed by atoms with Crippen molar-refractivity contribution in [2.75, 3.05) is 6.54 Å². The van der Waals surface area contributed by atoms with E-state index in [0.29, 0.717) is 18.5 Å². The maximum atomic E-state index is 11.5. The van der Waals surface area contributed by atoms with E-state index in [4.69, 9.17) is 0 Å². The van der Waals surface area contributed by atoms with E-state index in [1.807, 2.05) is 30.3 Å². The molecule has 3 heteroatoms. The summed E-state index contributed by atoms with van der Waals surface area (Å²) in [5, 5.41) is 12.9. The van der Waals surface area contributed by atoms with Gasteiger partial charge < -0.3 is 10.4 Å². The first-order valence-corrected chi connectivity index (χ1v) is 8.19. The molecule has 2 rings (SSSR count). The molecule has 1 unspecified atom stereocenters. The van der Waals surface area contributed by atoms with Crippen molar-refractivity contribution >= 4 is 5.97 Å². The van der Waals surface area contributed by atoms with Crippen molar-refractivity contribution in [1.29, 1.82) is 0 Å². The molecule has 0 bridgehead atoms. The highest BCUT2D eigenvalue weighted by Crippen LogP contribution is 2.26. The molecular formula is C18H27NO2. The van der Waals surface area contributed by atoms with Crippen molar-refractivity contribution in [1.82, 2.24) is 5.32 Å². The van der Waals surface area contributed by atoms with E-state index in [2.05, 4.69) is 12.2 Å². The average Bonchev–Trinajstić information content (AvgIpc) is 2.77. The van der Waals surface area contributed by atoms with Gasteiger partial charge in [-0.1, -0.05) is 56.0 Å². The number of rotatable bonds is 6. The fourth-order valence-electron chi connectivity index (χ4n) is 3.31. The zero-order valence-electron chi connectivity index (χ0n) is 12.9. The Balaban J connectivity index is 1.91. The maximum absolute atomic E-state index is 11.5. The van der Waals surface area contributed by atoms with Crippen LogP contribution in [0.25, 0.3) is 0 Å². The summed E-state index contributed by atoms with van der Waals surface area (Å²) in [5.41, 5.74) is 0.880. The lowest BCUT2D eigenvalue weighted by molar-refractivity contribution is -0.138. The van der Waals surface area contributed by atoms with Gasteiger partial charge in [-0.3, -0.25) is 4.79 Å². The molecular weight excluding hydrogens is 262 g/mol. The summed E-state index contributed by atoms with van der Waals surface area (Å²) in [6.45, 7) is 2.72. The quantitative estimate of drug-likeness (QED) is 0.783. The number of hydrogen-bond acceptors (Lipinski definition) is 2. The third kappa shape index (κ3) is 4.85. The van der Waals surface area contributed by atoms with Gasteiger partial charge in [0, 0.05) is 12.6 Å². The molecule has 1 aromatic carbocycles. The average molecular weight is 289 g/mol. The van der Waals surface area contributed by atoms with Crippen LogP contribution in [0.4, 0.5) is 0 Å². The van der Waals surface area contributed by atoms with Crippen molar-refractivity contribution in [3.63, 3.8) is 0 Å². The van der Waals surface area contributed by atoms with Crippen molar-refractivity contribution in [2.45, 2.75) is 57.4 Å². The first kappa shape index (κ1) is 16.0. The maximum Gasteiger partial charge on any atom is 0.312 e. The summed E-state index contributed by atoms with van der Waals surface area (Å²) in [6, 6.07) is 9.92. The van der Waals surface area contributed by atoms with Crippen LogP contribution in [-0.4, -0.2) is 23.7 Å². The molecule has 0 saturated heterocycles. The first-order valence-electron chi connectivity index (χ1n) is 8.19. The fourth-order valence-corrected chi connectivity index (χ4v) is 3.31. The molecule has 1 saturated carbocycles. The lowest BCUT2D eigenvalue weighted by Gasteiger charge is -2.25. The Hall–Kier alpha value is -1.35. The molecule has 0 spiro atoms. The van der Waals surface area contributed by atoms with Crippen LogP contribution in [0, 0.1) is 5.92 Å². The van der Waals surface area contributed by atoms with E-state index >= 15 is 0 Å². The molecule has 21 heavy (non-hydrogen) atoms. The second kappa shape index (κ2) is 8.18. The van der Waals surface area contributed by atoms with E-state index in [1.54, 1.807) is 0 Å². The Morgan fingerprint density at radius 2 is 1.81 bits per heavy atom. The van der Waals surface area contributed by atoms with Gasteiger partial charge in [-0.05, 0) is 31.2 Å². The van der Waals surface area contributed by atoms with Gasteiger partial charge in [0.15, 0.2) is 0 Å². The summed E-state index contributed by atoms with van der Waals surface area (Å²) >= 11 is 0. The molecule has 0 aromatic heterocycles. The summed E-state index contributed by atoms with van der Waals surface area (Å²) in [6.07, 6.45) is 7.89. The summed E-state index contributed by atoms with van der Waals surface area (Å²) in [5.74, 6) is -0.515. The number of carboxylic acids is 1. The van der Waals surface area contributed by atoms with Crippen LogP contribution in [0.15, 0.2) is 30.3 Å². The third-order valence-electron chi connectivity index (χ3n) is 4.75. The highest BCUT2D eigenvalue weighted by atomic mass is 16.4. The largest absolute Gasteiger partial charge is 0.481 e. The normalized spacial score (nSPS) is 19.7. The lowest BCUT2D eigenvalue weighted by atomic mass is 9.92. The van der Waals surface area contributed by atoms with Crippen LogP contribution in [0.5, 0.6) is 0 Å². The highest BCUT2D eigenvalue weighted by Gasteiger charge is 2.23. The number of carboxylic acid groups (broad SMARTS) is 1. The van der Waals surface area contributed by atoms with Gasteiger partial charge in [0.2, 0.25) is 0 Å². The number of benzene rings is 1. The molecule has 116 valence electrons. The minimum absolute atomic E-state index is 0.397. The monoisotopic (exact) mass is 289 g/mol. The highest BCUT2D eigenvalue weighted by molar-refractivity contribution is 5.76.